The molecule has 1 saturated carbocycles. The molecule has 0 heterocycles. The topological polar surface area (TPSA) is 54.4 Å². The molecular formula is C17H17ClO3S. The highest BCUT2D eigenvalue weighted by atomic mass is 35.5. The van der Waals surface area contributed by atoms with E-state index in [1.807, 2.05) is 19.1 Å². The van der Waals surface area contributed by atoms with Gasteiger partial charge in [0.05, 0.1) is 10.1 Å². The van der Waals surface area contributed by atoms with E-state index in [1.165, 1.54) is 0 Å². The fourth-order valence-corrected chi connectivity index (χ4v) is 5.32. The highest BCUT2D eigenvalue weighted by Crippen LogP contribution is 2.53. The van der Waals surface area contributed by atoms with Crippen molar-refractivity contribution in [2.75, 3.05) is 6.61 Å². The van der Waals surface area contributed by atoms with Gasteiger partial charge in [0.1, 0.15) is 0 Å². The molecule has 3 atom stereocenters. The van der Waals surface area contributed by atoms with Crippen LogP contribution in [-0.2, 0) is 9.84 Å². The lowest BCUT2D eigenvalue weighted by Crippen LogP contribution is -2.11. The Balaban J connectivity index is 1.93. The normalized spacial score (nSPS) is 24.2. The predicted octanol–water partition coefficient (Wildman–Crippen LogP) is 3.20. The SMILES string of the molecule is Cc1ccc(S(=O)(=O)[C@@H]2[C@H](CO)[C@@H]2c2ccc(Cl)cc2)cc1. The lowest BCUT2D eigenvalue weighted by Gasteiger charge is -2.05. The highest BCUT2D eigenvalue weighted by Gasteiger charge is 2.58. The van der Waals surface area contributed by atoms with Crippen LogP contribution in [-0.4, -0.2) is 25.4 Å². The smallest absolute Gasteiger partial charge is 0.182 e. The van der Waals surface area contributed by atoms with Gasteiger partial charge in [-0.15, -0.1) is 0 Å². The summed E-state index contributed by atoms with van der Waals surface area (Å²) in [5.41, 5.74) is 1.92. The maximum absolute atomic E-state index is 12.8. The summed E-state index contributed by atoms with van der Waals surface area (Å²) in [6, 6.07) is 14.0. The first-order valence-electron chi connectivity index (χ1n) is 7.12. The summed E-state index contributed by atoms with van der Waals surface area (Å²) in [4.78, 5) is 0.318. The quantitative estimate of drug-likeness (QED) is 0.932. The van der Waals surface area contributed by atoms with Gasteiger partial charge >= 0.3 is 0 Å². The molecule has 3 rings (SSSR count). The Hall–Kier alpha value is -1.36. The van der Waals surface area contributed by atoms with Crippen molar-refractivity contribution in [1.29, 1.82) is 0 Å². The zero-order chi connectivity index (χ0) is 15.9. The molecule has 0 unspecified atom stereocenters. The van der Waals surface area contributed by atoms with Crippen molar-refractivity contribution in [3.63, 3.8) is 0 Å². The third-order valence-corrected chi connectivity index (χ3v) is 6.81. The molecular weight excluding hydrogens is 320 g/mol. The van der Waals surface area contributed by atoms with E-state index in [4.69, 9.17) is 11.6 Å². The molecule has 2 aromatic rings. The molecule has 3 nitrogen and oxygen atoms in total. The van der Waals surface area contributed by atoms with Crippen molar-refractivity contribution in [2.24, 2.45) is 5.92 Å². The predicted molar refractivity (Wildman–Crippen MR) is 86.9 cm³/mol. The summed E-state index contributed by atoms with van der Waals surface area (Å²) in [6.45, 7) is 1.78. The number of aliphatic hydroxyl groups is 1. The van der Waals surface area contributed by atoms with Crippen molar-refractivity contribution in [3.05, 3.63) is 64.7 Å². The fraction of sp³-hybridized carbons (Fsp3) is 0.294. The molecule has 0 aromatic heterocycles. The minimum absolute atomic E-state index is 0.136. The second kappa shape index (κ2) is 5.69. The molecule has 0 radical (unpaired) electrons. The molecule has 116 valence electrons. The maximum atomic E-state index is 12.8. The van der Waals surface area contributed by atoms with Crippen molar-refractivity contribution < 1.29 is 13.5 Å². The van der Waals surface area contributed by atoms with Crippen LogP contribution in [0.1, 0.15) is 17.0 Å². The molecule has 1 N–H and O–H groups in total. The standard InChI is InChI=1S/C17H17ClO3S/c1-11-2-8-14(9-3-11)22(20,21)17-15(10-19)16(17)12-4-6-13(18)7-5-12/h2-9,15-17,19H,10H2,1H3/t15-,16+,17-/m1/s1. The Bertz CT molecular complexity index is 767. The van der Waals surface area contributed by atoms with Gasteiger partial charge in [0.2, 0.25) is 0 Å². The Morgan fingerprint density at radius 3 is 2.18 bits per heavy atom. The second-order valence-electron chi connectivity index (χ2n) is 5.75. The van der Waals surface area contributed by atoms with E-state index in [-0.39, 0.29) is 18.4 Å². The third-order valence-electron chi connectivity index (χ3n) is 4.27. The van der Waals surface area contributed by atoms with Crippen molar-refractivity contribution >= 4 is 21.4 Å². The zero-order valence-electron chi connectivity index (χ0n) is 12.1. The summed E-state index contributed by atoms with van der Waals surface area (Å²) in [5, 5.41) is 9.57. The van der Waals surface area contributed by atoms with E-state index in [1.54, 1.807) is 36.4 Å². The molecule has 2 aromatic carbocycles. The number of hydrogen-bond donors (Lipinski definition) is 1. The molecule has 1 aliphatic carbocycles. The number of aryl methyl sites for hydroxylation is 1. The van der Waals surface area contributed by atoms with Gasteiger partial charge in [-0.1, -0.05) is 41.4 Å². The minimum atomic E-state index is -3.44. The minimum Gasteiger partial charge on any atom is -0.396 e. The number of halogens is 1. The van der Waals surface area contributed by atoms with E-state index < -0.39 is 15.1 Å². The van der Waals surface area contributed by atoms with E-state index in [9.17, 15) is 13.5 Å². The lowest BCUT2D eigenvalue weighted by molar-refractivity contribution is 0.274. The third kappa shape index (κ3) is 2.67. The van der Waals surface area contributed by atoms with Crippen LogP contribution in [0.25, 0.3) is 0 Å². The van der Waals surface area contributed by atoms with Crippen LogP contribution in [0.5, 0.6) is 0 Å². The lowest BCUT2D eigenvalue weighted by atomic mass is 10.1. The van der Waals surface area contributed by atoms with Crippen LogP contribution in [0.2, 0.25) is 5.02 Å². The summed E-state index contributed by atoms with van der Waals surface area (Å²) in [7, 11) is -3.44. The number of hydrogen-bond acceptors (Lipinski definition) is 3. The van der Waals surface area contributed by atoms with Crippen LogP contribution in [0.4, 0.5) is 0 Å². The zero-order valence-corrected chi connectivity index (χ0v) is 13.7. The Labute approximate surface area is 135 Å². The van der Waals surface area contributed by atoms with Crippen LogP contribution < -0.4 is 0 Å². The Kier molecular flexibility index (Phi) is 4.02. The number of rotatable bonds is 4. The summed E-state index contributed by atoms with van der Waals surface area (Å²) in [6.07, 6.45) is 0. The van der Waals surface area contributed by atoms with Crippen molar-refractivity contribution in [2.45, 2.75) is 23.0 Å². The van der Waals surface area contributed by atoms with Crippen LogP contribution in [0.3, 0.4) is 0 Å². The molecule has 0 spiro atoms. The number of benzene rings is 2. The van der Waals surface area contributed by atoms with Crippen LogP contribution in [0, 0.1) is 12.8 Å². The fourth-order valence-electron chi connectivity index (χ4n) is 2.99. The van der Waals surface area contributed by atoms with Gasteiger partial charge in [-0.05, 0) is 36.8 Å². The number of sulfone groups is 1. The van der Waals surface area contributed by atoms with Crippen LogP contribution in [0.15, 0.2) is 53.4 Å². The molecule has 1 aliphatic rings. The summed E-state index contributed by atoms with van der Waals surface area (Å²) < 4.78 is 25.6. The maximum Gasteiger partial charge on any atom is 0.182 e. The van der Waals surface area contributed by atoms with Gasteiger partial charge in [0.25, 0.3) is 0 Å². The largest absolute Gasteiger partial charge is 0.396 e. The Morgan fingerprint density at radius 2 is 1.64 bits per heavy atom. The van der Waals surface area contributed by atoms with Gasteiger partial charge < -0.3 is 5.11 Å². The molecule has 0 bridgehead atoms. The molecule has 0 amide bonds. The molecule has 0 saturated heterocycles. The monoisotopic (exact) mass is 336 g/mol. The molecule has 1 fully saturated rings. The van der Waals surface area contributed by atoms with E-state index in [0.29, 0.717) is 9.92 Å². The summed E-state index contributed by atoms with van der Waals surface area (Å²) >= 11 is 5.88. The number of aliphatic hydroxyl groups excluding tert-OH is 1. The van der Waals surface area contributed by atoms with Crippen LogP contribution >= 0.6 is 11.6 Å². The van der Waals surface area contributed by atoms with Gasteiger partial charge in [0, 0.05) is 23.5 Å². The second-order valence-corrected chi connectivity index (χ2v) is 8.29. The van der Waals surface area contributed by atoms with Gasteiger partial charge in [0.15, 0.2) is 9.84 Å². The van der Waals surface area contributed by atoms with Crippen molar-refractivity contribution in [3.8, 4) is 0 Å². The first kappa shape index (κ1) is 15.5. The molecule has 22 heavy (non-hydrogen) atoms. The molecule has 5 heteroatoms. The van der Waals surface area contributed by atoms with Gasteiger partial charge in [-0.25, -0.2) is 8.42 Å². The van der Waals surface area contributed by atoms with Gasteiger partial charge in [-0.3, -0.25) is 0 Å². The summed E-state index contributed by atoms with van der Waals surface area (Å²) in [5.74, 6) is -0.430. The van der Waals surface area contributed by atoms with E-state index in [2.05, 4.69) is 0 Å². The highest BCUT2D eigenvalue weighted by molar-refractivity contribution is 7.92. The van der Waals surface area contributed by atoms with Crippen molar-refractivity contribution in [1.82, 2.24) is 0 Å². The average Bonchev–Trinajstić information content (AvgIpc) is 3.24. The Morgan fingerprint density at radius 1 is 1.05 bits per heavy atom. The van der Waals surface area contributed by atoms with Gasteiger partial charge in [-0.2, -0.15) is 0 Å². The van der Waals surface area contributed by atoms with E-state index >= 15 is 0 Å². The van der Waals surface area contributed by atoms with E-state index in [0.717, 1.165) is 11.1 Å². The average molecular weight is 337 g/mol. The first-order chi connectivity index (χ1) is 10.4. The first-order valence-corrected chi connectivity index (χ1v) is 9.04. The molecule has 0 aliphatic heterocycles.